The molecule has 0 saturated carbocycles. The lowest BCUT2D eigenvalue weighted by atomic mass is 10.1. The molecule has 0 aliphatic heterocycles. The fourth-order valence-electron chi connectivity index (χ4n) is 1.88. The number of carbonyl (C=O) groups excluding carboxylic acids is 1. The van der Waals surface area contributed by atoms with Crippen LogP contribution in [0.5, 0.6) is 0 Å². The summed E-state index contributed by atoms with van der Waals surface area (Å²) >= 11 is 1.33. The Morgan fingerprint density at radius 3 is 2.33 bits per heavy atom. The molecule has 2 atom stereocenters. The minimum absolute atomic E-state index is 0.0703. The van der Waals surface area contributed by atoms with Gasteiger partial charge in [-0.3, -0.25) is 4.79 Å². The molecule has 0 saturated heterocycles. The number of hydrogen-bond acceptors (Lipinski definition) is 5. The molecule has 0 aliphatic carbocycles. The first-order valence-corrected chi connectivity index (χ1v) is 8.39. The third-order valence-corrected chi connectivity index (χ3v) is 3.88. The highest BCUT2D eigenvalue weighted by molar-refractivity contribution is 7.99. The Kier molecular flexibility index (Phi) is 9.44. The standard InChI is InChI=1S/C14H28N2O4S/c1-14(2,3)20-13(19)16-9-7-6-8-10(15-4)11(21-5)12(17)18/h10-11,15H,6-9H2,1-5H3,(H,16,19)(H,17,18). The predicted molar refractivity (Wildman–Crippen MR) is 85.9 cm³/mol. The van der Waals surface area contributed by atoms with Crippen LogP contribution in [0, 0.1) is 0 Å². The van der Waals surface area contributed by atoms with Gasteiger partial charge in [0, 0.05) is 12.6 Å². The van der Waals surface area contributed by atoms with E-state index in [-0.39, 0.29) is 6.04 Å². The van der Waals surface area contributed by atoms with Crippen LogP contribution in [0.4, 0.5) is 4.79 Å². The first-order valence-electron chi connectivity index (χ1n) is 7.11. The van der Waals surface area contributed by atoms with E-state index in [1.807, 2.05) is 20.8 Å². The van der Waals surface area contributed by atoms with Crippen LogP contribution in [0.2, 0.25) is 0 Å². The lowest BCUT2D eigenvalue weighted by Gasteiger charge is -2.22. The summed E-state index contributed by atoms with van der Waals surface area (Å²) in [6, 6.07) is -0.0703. The molecule has 21 heavy (non-hydrogen) atoms. The first kappa shape index (κ1) is 20.1. The number of thioether (sulfide) groups is 1. The van der Waals surface area contributed by atoms with Gasteiger partial charge in [-0.2, -0.15) is 0 Å². The molecule has 0 aliphatic rings. The van der Waals surface area contributed by atoms with Crippen LogP contribution in [0.15, 0.2) is 0 Å². The molecule has 0 fully saturated rings. The normalized spacial score (nSPS) is 14.3. The average Bonchev–Trinajstić information content (AvgIpc) is 2.34. The Morgan fingerprint density at radius 1 is 1.29 bits per heavy atom. The molecule has 0 spiro atoms. The van der Waals surface area contributed by atoms with E-state index in [9.17, 15) is 9.59 Å². The third kappa shape index (κ3) is 9.57. The summed E-state index contributed by atoms with van der Waals surface area (Å²) in [5.41, 5.74) is -0.492. The molecule has 0 rings (SSSR count). The summed E-state index contributed by atoms with van der Waals surface area (Å²) in [4.78, 5) is 22.5. The van der Waals surface area contributed by atoms with Gasteiger partial charge in [-0.1, -0.05) is 6.42 Å². The minimum Gasteiger partial charge on any atom is -0.480 e. The molecule has 0 aromatic carbocycles. The van der Waals surface area contributed by atoms with Gasteiger partial charge in [0.25, 0.3) is 0 Å². The fourth-order valence-corrected chi connectivity index (χ4v) is 2.68. The topological polar surface area (TPSA) is 87.7 Å². The molecule has 2 unspecified atom stereocenters. The van der Waals surface area contributed by atoms with Gasteiger partial charge in [-0.15, -0.1) is 11.8 Å². The van der Waals surface area contributed by atoms with Crippen molar-refractivity contribution in [3.8, 4) is 0 Å². The number of rotatable bonds is 9. The number of ether oxygens (including phenoxy) is 1. The van der Waals surface area contributed by atoms with Crippen LogP contribution in [0.25, 0.3) is 0 Å². The summed E-state index contributed by atoms with van der Waals surface area (Å²) in [6.07, 6.45) is 3.77. The van der Waals surface area contributed by atoms with Gasteiger partial charge in [-0.05, 0) is 46.9 Å². The molecule has 0 aromatic heterocycles. The number of nitrogens with one attached hydrogen (secondary N) is 2. The van der Waals surface area contributed by atoms with Gasteiger partial charge in [0.2, 0.25) is 0 Å². The van der Waals surface area contributed by atoms with E-state index in [0.717, 1.165) is 19.3 Å². The summed E-state index contributed by atoms with van der Waals surface area (Å²) in [5, 5.41) is 14.4. The second kappa shape index (κ2) is 9.89. The van der Waals surface area contributed by atoms with Crippen LogP contribution >= 0.6 is 11.8 Å². The van der Waals surface area contributed by atoms with Crippen molar-refractivity contribution in [3.63, 3.8) is 0 Å². The molecule has 0 heterocycles. The number of amides is 1. The number of hydrogen-bond donors (Lipinski definition) is 3. The monoisotopic (exact) mass is 320 g/mol. The van der Waals surface area contributed by atoms with E-state index in [4.69, 9.17) is 9.84 Å². The maximum atomic E-state index is 11.4. The van der Waals surface area contributed by atoms with Gasteiger partial charge in [-0.25, -0.2) is 4.79 Å². The van der Waals surface area contributed by atoms with Crippen molar-refractivity contribution in [1.29, 1.82) is 0 Å². The molecule has 1 amide bonds. The highest BCUT2D eigenvalue weighted by Crippen LogP contribution is 2.16. The lowest BCUT2D eigenvalue weighted by molar-refractivity contribution is -0.136. The number of unbranched alkanes of at least 4 members (excludes halogenated alkanes) is 1. The molecule has 0 bridgehead atoms. The van der Waals surface area contributed by atoms with E-state index in [1.165, 1.54) is 11.8 Å². The minimum atomic E-state index is -0.797. The zero-order valence-corrected chi connectivity index (χ0v) is 14.4. The molecular weight excluding hydrogens is 292 g/mol. The molecule has 0 radical (unpaired) electrons. The van der Waals surface area contributed by atoms with E-state index >= 15 is 0 Å². The van der Waals surface area contributed by atoms with Gasteiger partial charge in [0.15, 0.2) is 0 Å². The first-order chi connectivity index (χ1) is 9.71. The lowest BCUT2D eigenvalue weighted by Crippen LogP contribution is -2.40. The van der Waals surface area contributed by atoms with Crippen molar-refractivity contribution in [2.75, 3.05) is 19.8 Å². The average molecular weight is 320 g/mol. The smallest absolute Gasteiger partial charge is 0.407 e. The summed E-state index contributed by atoms with van der Waals surface area (Å²) in [6.45, 7) is 5.98. The highest BCUT2D eigenvalue weighted by atomic mass is 32.2. The quantitative estimate of drug-likeness (QED) is 0.564. The van der Waals surface area contributed by atoms with E-state index < -0.39 is 22.9 Å². The van der Waals surface area contributed by atoms with Gasteiger partial charge in [0.05, 0.1) is 0 Å². The van der Waals surface area contributed by atoms with Gasteiger partial charge < -0.3 is 20.5 Å². The molecular formula is C14H28N2O4S. The number of carboxylic acids is 1. The zero-order chi connectivity index (χ0) is 16.5. The van der Waals surface area contributed by atoms with Crippen LogP contribution in [0.3, 0.4) is 0 Å². The second-order valence-corrected chi connectivity index (χ2v) is 6.79. The van der Waals surface area contributed by atoms with Crippen LogP contribution < -0.4 is 10.6 Å². The number of aliphatic carboxylic acids is 1. The number of alkyl carbamates (subject to hydrolysis) is 1. The van der Waals surface area contributed by atoms with Crippen molar-refractivity contribution < 1.29 is 19.4 Å². The van der Waals surface area contributed by atoms with Crippen LogP contribution in [-0.4, -0.2) is 53.9 Å². The van der Waals surface area contributed by atoms with Crippen molar-refractivity contribution in [1.82, 2.24) is 10.6 Å². The maximum Gasteiger partial charge on any atom is 0.407 e. The Bertz CT molecular complexity index is 331. The zero-order valence-electron chi connectivity index (χ0n) is 13.6. The van der Waals surface area contributed by atoms with Crippen molar-refractivity contribution in [2.24, 2.45) is 0 Å². The highest BCUT2D eigenvalue weighted by Gasteiger charge is 2.25. The van der Waals surface area contributed by atoms with Crippen molar-refractivity contribution >= 4 is 23.8 Å². The predicted octanol–water partition coefficient (Wildman–Crippen LogP) is 2.09. The molecule has 6 nitrogen and oxygen atoms in total. The van der Waals surface area contributed by atoms with E-state index in [0.29, 0.717) is 6.54 Å². The van der Waals surface area contributed by atoms with Gasteiger partial charge in [0.1, 0.15) is 10.9 Å². The van der Waals surface area contributed by atoms with Crippen LogP contribution in [-0.2, 0) is 9.53 Å². The molecule has 7 heteroatoms. The Labute approximate surface area is 131 Å². The molecule has 3 N–H and O–H groups in total. The van der Waals surface area contributed by atoms with E-state index in [2.05, 4.69) is 10.6 Å². The molecule has 124 valence electrons. The van der Waals surface area contributed by atoms with E-state index in [1.54, 1.807) is 13.3 Å². The Morgan fingerprint density at radius 2 is 1.90 bits per heavy atom. The van der Waals surface area contributed by atoms with Gasteiger partial charge >= 0.3 is 12.1 Å². The largest absolute Gasteiger partial charge is 0.480 e. The van der Waals surface area contributed by atoms with Crippen molar-refractivity contribution in [2.45, 2.75) is 56.9 Å². The number of carbonyl (C=O) groups is 2. The Balaban J connectivity index is 3.92. The Hall–Kier alpha value is -0.950. The molecule has 0 aromatic rings. The summed E-state index contributed by atoms with van der Waals surface area (Å²) in [5.74, 6) is -0.797. The SMILES string of the molecule is CNC(CCCCNC(=O)OC(C)(C)C)C(SC)C(=O)O. The fraction of sp³-hybridized carbons (Fsp3) is 0.857. The second-order valence-electron chi connectivity index (χ2n) is 5.81. The van der Waals surface area contributed by atoms with Crippen LogP contribution in [0.1, 0.15) is 40.0 Å². The third-order valence-electron chi connectivity index (χ3n) is 2.84. The maximum absolute atomic E-state index is 11.4. The van der Waals surface area contributed by atoms with Crippen molar-refractivity contribution in [3.05, 3.63) is 0 Å². The summed E-state index contributed by atoms with van der Waals surface area (Å²) < 4.78 is 5.13. The number of carboxylic acid groups (broad SMARTS) is 1. The summed E-state index contributed by atoms with van der Waals surface area (Å²) in [7, 11) is 1.77.